The van der Waals surface area contributed by atoms with Crippen LogP contribution in [0.1, 0.15) is 5.56 Å². The van der Waals surface area contributed by atoms with Crippen LogP contribution >= 0.6 is 0 Å². The second-order valence-corrected chi connectivity index (χ2v) is 8.11. The molecule has 1 atom stereocenters. The van der Waals surface area contributed by atoms with Gasteiger partial charge in [-0.15, -0.1) is 0 Å². The van der Waals surface area contributed by atoms with Crippen molar-refractivity contribution >= 4 is 22.3 Å². The van der Waals surface area contributed by atoms with Crippen LogP contribution in [-0.2, 0) is 19.3 Å². The van der Waals surface area contributed by atoms with Crippen molar-refractivity contribution in [1.29, 1.82) is 0 Å². The predicted molar refractivity (Wildman–Crippen MR) is 115 cm³/mol. The summed E-state index contributed by atoms with van der Waals surface area (Å²) in [5, 5.41) is 10.3. The van der Waals surface area contributed by atoms with Gasteiger partial charge in [0.25, 0.3) is 0 Å². The first-order valence-corrected chi connectivity index (χ1v) is 10.8. The maximum atomic E-state index is 13.5. The van der Waals surface area contributed by atoms with E-state index in [2.05, 4.69) is 18.3 Å². The molecule has 30 heavy (non-hydrogen) atoms. The molecule has 0 aromatic heterocycles. The van der Waals surface area contributed by atoms with Crippen LogP contribution in [0.15, 0.2) is 46.8 Å². The lowest BCUT2D eigenvalue weighted by Gasteiger charge is -2.37. The van der Waals surface area contributed by atoms with Crippen molar-refractivity contribution < 1.29 is 22.6 Å². The molecule has 0 aliphatic carbocycles. The number of nitrogens with zero attached hydrogens (tertiary/aromatic N) is 3. The van der Waals surface area contributed by atoms with Crippen LogP contribution in [-0.4, -0.2) is 62.6 Å². The molecule has 1 aliphatic heterocycles. The van der Waals surface area contributed by atoms with Crippen LogP contribution in [0, 0.1) is 12.7 Å². The van der Waals surface area contributed by atoms with E-state index in [1.807, 2.05) is 12.1 Å². The molecular formula is C21H27FN3O4S-. The van der Waals surface area contributed by atoms with E-state index >= 15 is 0 Å². The molecule has 1 N–H and O–H groups in total. The summed E-state index contributed by atoms with van der Waals surface area (Å²) in [6, 6.07) is 12.0. The standard InChI is InChI=1S/C21H27FN3O4S/c1-16-13-18(5-8-21(16)22)25-11-9-24(10-12-25)14-19(26)15-29-20-6-3-17(4-7-20)23-30(27)28-2/h3-8,13,19,26H,9-12,14-15H2,1-2H3/q-1. The molecule has 0 radical (unpaired) electrons. The number of piperazine rings is 1. The van der Waals surface area contributed by atoms with Gasteiger partial charge >= 0.3 is 0 Å². The molecule has 0 saturated carbocycles. The molecule has 1 unspecified atom stereocenters. The van der Waals surface area contributed by atoms with Crippen molar-refractivity contribution in [3.05, 3.63) is 53.8 Å². The van der Waals surface area contributed by atoms with Crippen LogP contribution in [0.25, 0.3) is 0 Å². The lowest BCUT2D eigenvalue weighted by Crippen LogP contribution is -2.49. The number of benzene rings is 2. The van der Waals surface area contributed by atoms with Crippen molar-refractivity contribution in [3.63, 3.8) is 0 Å². The second kappa shape index (κ2) is 10.7. The fourth-order valence-electron chi connectivity index (χ4n) is 3.28. The topological polar surface area (TPSA) is 74.6 Å². The molecule has 9 heteroatoms. The third-order valence-electron chi connectivity index (χ3n) is 4.95. The number of anilines is 1. The summed E-state index contributed by atoms with van der Waals surface area (Å²) in [6.45, 7) is 5.77. The van der Waals surface area contributed by atoms with E-state index in [4.69, 9.17) is 4.74 Å². The summed E-state index contributed by atoms with van der Waals surface area (Å²) in [4.78, 5) is 4.43. The Morgan fingerprint density at radius 1 is 1.17 bits per heavy atom. The zero-order valence-corrected chi connectivity index (χ0v) is 18.0. The maximum absolute atomic E-state index is 13.5. The summed E-state index contributed by atoms with van der Waals surface area (Å²) in [7, 11) is -0.377. The van der Waals surface area contributed by atoms with E-state index in [0.717, 1.165) is 31.9 Å². The first-order chi connectivity index (χ1) is 14.4. The Balaban J connectivity index is 1.42. The minimum atomic E-state index is -1.70. The van der Waals surface area contributed by atoms with Crippen molar-refractivity contribution in [3.8, 4) is 5.75 Å². The average Bonchev–Trinajstić information content (AvgIpc) is 2.75. The van der Waals surface area contributed by atoms with Crippen molar-refractivity contribution in [2.75, 3.05) is 51.3 Å². The van der Waals surface area contributed by atoms with Gasteiger partial charge in [0.15, 0.2) is 0 Å². The number of rotatable bonds is 8. The van der Waals surface area contributed by atoms with Crippen LogP contribution in [0.5, 0.6) is 5.75 Å². The molecule has 0 amide bonds. The Morgan fingerprint density at radius 3 is 2.50 bits per heavy atom. The highest BCUT2D eigenvalue weighted by Crippen LogP contribution is 2.21. The van der Waals surface area contributed by atoms with E-state index in [-0.39, 0.29) is 12.4 Å². The van der Waals surface area contributed by atoms with Gasteiger partial charge in [0, 0.05) is 51.2 Å². The third-order valence-corrected chi connectivity index (χ3v) is 5.59. The number of hydrogen-bond acceptors (Lipinski definition) is 8. The minimum Gasteiger partial charge on any atom is -0.491 e. The largest absolute Gasteiger partial charge is 0.491 e. The molecule has 7 nitrogen and oxygen atoms in total. The molecule has 1 fully saturated rings. The molecule has 1 saturated heterocycles. The zero-order valence-electron chi connectivity index (χ0n) is 17.2. The van der Waals surface area contributed by atoms with Crippen LogP contribution in [0.3, 0.4) is 0 Å². The Labute approximate surface area is 178 Å². The summed E-state index contributed by atoms with van der Waals surface area (Å²) in [6.07, 6.45) is -0.616. The Morgan fingerprint density at radius 2 is 1.87 bits per heavy atom. The van der Waals surface area contributed by atoms with Crippen molar-refractivity contribution in [1.82, 2.24) is 4.90 Å². The number of halogens is 1. The fourth-order valence-corrected chi connectivity index (χ4v) is 3.65. The van der Waals surface area contributed by atoms with E-state index < -0.39 is 17.0 Å². The quantitative estimate of drug-likeness (QED) is 0.641. The molecule has 0 bridgehead atoms. The monoisotopic (exact) mass is 436 g/mol. The van der Waals surface area contributed by atoms with E-state index in [1.165, 1.54) is 13.2 Å². The first-order valence-electron chi connectivity index (χ1n) is 9.77. The fraction of sp³-hybridized carbons (Fsp3) is 0.429. The van der Waals surface area contributed by atoms with E-state index in [9.17, 15) is 13.7 Å². The average molecular weight is 437 g/mol. The third kappa shape index (κ3) is 6.40. The molecule has 2 aromatic rings. The minimum absolute atomic E-state index is 0.178. The normalized spacial score (nSPS) is 17.1. The summed E-state index contributed by atoms with van der Waals surface area (Å²) in [5.74, 6) is 0.419. The van der Waals surface area contributed by atoms with Gasteiger partial charge in [-0.3, -0.25) is 4.90 Å². The lowest BCUT2D eigenvalue weighted by molar-refractivity contribution is 0.0663. The maximum Gasteiger partial charge on any atom is 0.126 e. The molecule has 0 spiro atoms. The highest BCUT2D eigenvalue weighted by atomic mass is 32.2. The van der Waals surface area contributed by atoms with Crippen molar-refractivity contribution in [2.45, 2.75) is 13.0 Å². The van der Waals surface area contributed by atoms with Crippen LogP contribution in [0.4, 0.5) is 15.8 Å². The zero-order chi connectivity index (χ0) is 21.5. The molecule has 3 rings (SSSR count). The number of hydrogen-bond donors (Lipinski definition) is 1. The molecule has 164 valence electrons. The highest BCUT2D eigenvalue weighted by Gasteiger charge is 2.20. The smallest absolute Gasteiger partial charge is 0.126 e. The number of aryl methyl sites for hydroxylation is 1. The highest BCUT2D eigenvalue weighted by molar-refractivity contribution is 7.69. The van der Waals surface area contributed by atoms with Gasteiger partial charge in [0.2, 0.25) is 0 Å². The Hall–Kier alpha value is -2.20. The van der Waals surface area contributed by atoms with Gasteiger partial charge in [-0.25, -0.2) is 4.39 Å². The van der Waals surface area contributed by atoms with Gasteiger partial charge in [-0.05, 0) is 55.0 Å². The first kappa shape index (κ1) is 22.5. The Kier molecular flexibility index (Phi) is 8.03. The number of aliphatic hydroxyl groups is 1. The van der Waals surface area contributed by atoms with Crippen molar-refractivity contribution in [2.24, 2.45) is 4.36 Å². The summed E-state index contributed by atoms with van der Waals surface area (Å²) in [5.41, 5.74) is 2.20. The van der Waals surface area contributed by atoms with Gasteiger partial charge in [-0.1, -0.05) is 10.9 Å². The van der Waals surface area contributed by atoms with Gasteiger partial charge in [0.1, 0.15) is 24.3 Å². The number of ether oxygens (including phenoxy) is 1. The second-order valence-electron chi connectivity index (χ2n) is 7.15. The predicted octanol–water partition coefficient (Wildman–Crippen LogP) is 3.04. The molecule has 2 aromatic carbocycles. The number of β-amino-alcohol motifs (C(OH)–C–C–N with tert-alkyl or cyclic N) is 1. The lowest BCUT2D eigenvalue weighted by atomic mass is 10.1. The van der Waals surface area contributed by atoms with E-state index in [0.29, 0.717) is 23.5 Å². The van der Waals surface area contributed by atoms with Crippen LogP contribution in [0.2, 0.25) is 0 Å². The number of aliphatic hydroxyl groups excluding tert-OH is 1. The van der Waals surface area contributed by atoms with Crippen LogP contribution < -0.4 is 9.64 Å². The molecule has 1 heterocycles. The molecule has 1 aliphatic rings. The van der Waals surface area contributed by atoms with Gasteiger partial charge in [0.05, 0.1) is 0 Å². The summed E-state index contributed by atoms with van der Waals surface area (Å²) >= 11 is 0. The van der Waals surface area contributed by atoms with Gasteiger partial charge < -0.3 is 27.5 Å². The van der Waals surface area contributed by atoms with Gasteiger partial charge in [-0.2, -0.15) is 0 Å². The Bertz CT molecular complexity index is 911. The van der Waals surface area contributed by atoms with E-state index in [1.54, 1.807) is 31.2 Å². The molecular weight excluding hydrogens is 409 g/mol. The SMILES string of the molecule is CO[S-](=O)=Nc1ccc(OCC(O)CN2CCN(c3ccc(F)c(C)c3)CC2)cc1. The summed E-state index contributed by atoms with van der Waals surface area (Å²) < 4.78 is 38.8.